The summed E-state index contributed by atoms with van der Waals surface area (Å²) in [5, 5.41) is 2.30. The monoisotopic (exact) mass is 232 g/mol. The minimum atomic E-state index is -0.557. The van der Waals surface area contributed by atoms with Crippen LogP contribution >= 0.6 is 0 Å². The van der Waals surface area contributed by atoms with Crippen molar-refractivity contribution < 1.29 is 14.3 Å². The highest BCUT2D eigenvalue weighted by Crippen LogP contribution is 1.81. The van der Waals surface area contributed by atoms with Crippen molar-refractivity contribution in [3.05, 3.63) is 0 Å². The number of rotatable bonds is 6. The molecule has 16 heavy (non-hydrogen) atoms. The molecular formula is C11H24N2O3. The van der Waals surface area contributed by atoms with Crippen molar-refractivity contribution in [3.8, 4) is 0 Å². The summed E-state index contributed by atoms with van der Waals surface area (Å²) in [7, 11) is 0. The lowest BCUT2D eigenvalue weighted by molar-refractivity contribution is -0.128. The van der Waals surface area contributed by atoms with E-state index in [4.69, 9.17) is 10.5 Å². The van der Waals surface area contributed by atoms with Gasteiger partial charge in [-0.3, -0.25) is 9.59 Å². The quantitative estimate of drug-likeness (QED) is 0.661. The smallest absolute Gasteiger partial charge is 0.246 e. The summed E-state index contributed by atoms with van der Waals surface area (Å²) < 4.78 is 4.91. The molecule has 0 atom stereocenters. The Labute approximate surface area is 97.7 Å². The summed E-state index contributed by atoms with van der Waals surface area (Å²) in [6, 6.07) is 0. The van der Waals surface area contributed by atoms with Gasteiger partial charge >= 0.3 is 0 Å². The number of ether oxygens (including phenoxy) is 1. The first-order valence-electron chi connectivity index (χ1n) is 5.52. The molecule has 0 radical (unpaired) electrons. The fraction of sp³-hybridized carbons (Fsp3) is 0.818. The molecule has 0 aliphatic rings. The first-order valence-corrected chi connectivity index (χ1v) is 5.52. The molecule has 0 spiro atoms. The molecule has 5 nitrogen and oxygen atoms in total. The van der Waals surface area contributed by atoms with Gasteiger partial charge in [-0.05, 0) is 12.3 Å². The molecule has 0 unspecified atom stereocenters. The number of amides is 2. The Hall–Kier alpha value is -1.10. The molecule has 0 heterocycles. The minimum absolute atomic E-state index is 0.0128. The van der Waals surface area contributed by atoms with Crippen molar-refractivity contribution in [1.82, 2.24) is 5.32 Å². The van der Waals surface area contributed by atoms with Crippen LogP contribution < -0.4 is 11.1 Å². The maximum absolute atomic E-state index is 10.8. The van der Waals surface area contributed by atoms with Gasteiger partial charge in [0.05, 0.1) is 6.54 Å². The maximum Gasteiger partial charge on any atom is 0.246 e. The normalized spacial score (nSPS) is 9.31. The molecular weight excluding hydrogens is 208 g/mol. The van der Waals surface area contributed by atoms with Crippen LogP contribution in [0.3, 0.4) is 0 Å². The number of hydrogen-bond donors (Lipinski definition) is 2. The number of carbonyl (C=O) groups excluding carboxylic acids is 2. The Balaban J connectivity index is 0. The van der Waals surface area contributed by atoms with Gasteiger partial charge in [0.1, 0.15) is 6.61 Å². The lowest BCUT2D eigenvalue weighted by Gasteiger charge is -2.02. The fourth-order valence-corrected chi connectivity index (χ4v) is 0.546. The third kappa shape index (κ3) is 23.1. The van der Waals surface area contributed by atoms with Crippen molar-refractivity contribution in [2.75, 3.05) is 19.8 Å². The summed E-state index contributed by atoms with van der Waals surface area (Å²) in [5.74, 6) is -0.0407. The second-order valence-electron chi connectivity index (χ2n) is 4.03. The number of primary amides is 1. The van der Waals surface area contributed by atoms with E-state index in [0.29, 0.717) is 6.61 Å². The van der Waals surface area contributed by atoms with Crippen LogP contribution in [0, 0.1) is 5.92 Å². The summed E-state index contributed by atoms with van der Waals surface area (Å²) in [6.07, 6.45) is 0.864. The van der Waals surface area contributed by atoms with Gasteiger partial charge < -0.3 is 15.8 Å². The number of nitrogens with two attached hydrogens (primary N) is 1. The number of hydrogen-bond acceptors (Lipinski definition) is 3. The van der Waals surface area contributed by atoms with Gasteiger partial charge in [0, 0.05) is 6.61 Å². The molecule has 0 saturated carbocycles. The van der Waals surface area contributed by atoms with Gasteiger partial charge in [0.25, 0.3) is 0 Å². The molecule has 0 bridgehead atoms. The first kappa shape index (κ1) is 17.3. The molecule has 0 aromatic carbocycles. The second kappa shape index (κ2) is 12.0. The van der Waals surface area contributed by atoms with E-state index in [-0.39, 0.29) is 19.1 Å². The van der Waals surface area contributed by atoms with E-state index in [1.165, 1.54) is 0 Å². The Kier molecular flexibility index (Phi) is 12.9. The van der Waals surface area contributed by atoms with Crippen LogP contribution in [-0.4, -0.2) is 31.6 Å². The highest BCUT2D eigenvalue weighted by molar-refractivity contribution is 5.84. The van der Waals surface area contributed by atoms with Crippen LogP contribution in [0.2, 0.25) is 0 Å². The van der Waals surface area contributed by atoms with Gasteiger partial charge in [-0.2, -0.15) is 0 Å². The SMILES string of the molecule is CC(C)C.CCCOCC(=O)NCC(N)=O. The predicted molar refractivity (Wildman–Crippen MR) is 63.8 cm³/mol. The zero-order chi connectivity index (χ0) is 13.0. The molecule has 3 N–H and O–H groups in total. The van der Waals surface area contributed by atoms with Gasteiger partial charge in [0.15, 0.2) is 0 Å². The van der Waals surface area contributed by atoms with Crippen LogP contribution in [0.4, 0.5) is 0 Å². The lowest BCUT2D eigenvalue weighted by Crippen LogP contribution is -2.35. The van der Waals surface area contributed by atoms with Crippen LogP contribution in [-0.2, 0) is 14.3 Å². The van der Waals surface area contributed by atoms with Gasteiger partial charge in [-0.1, -0.05) is 27.7 Å². The Bertz CT molecular complexity index is 191. The van der Waals surface area contributed by atoms with Crippen molar-refractivity contribution in [1.29, 1.82) is 0 Å². The number of nitrogens with one attached hydrogen (secondary N) is 1. The summed E-state index contributed by atoms with van der Waals surface area (Å²) in [6.45, 7) is 8.85. The molecule has 0 fully saturated rings. The van der Waals surface area contributed by atoms with Crippen LogP contribution in [0.25, 0.3) is 0 Å². The molecule has 0 rings (SSSR count). The minimum Gasteiger partial charge on any atom is -0.372 e. The Morgan fingerprint density at radius 2 is 1.81 bits per heavy atom. The summed E-state index contributed by atoms with van der Waals surface area (Å²) in [4.78, 5) is 21.0. The molecule has 2 amide bonds. The summed E-state index contributed by atoms with van der Waals surface area (Å²) in [5.41, 5.74) is 4.80. The molecule has 0 aromatic heterocycles. The standard InChI is InChI=1S/C7H14N2O3.C4H10/c1-2-3-12-5-7(11)9-4-6(8)10;1-4(2)3/h2-5H2,1H3,(H2,8,10)(H,9,11);4H,1-3H3. The van der Waals surface area contributed by atoms with Crippen LogP contribution in [0.1, 0.15) is 34.1 Å². The second-order valence-corrected chi connectivity index (χ2v) is 4.03. The van der Waals surface area contributed by atoms with Crippen molar-refractivity contribution >= 4 is 11.8 Å². The van der Waals surface area contributed by atoms with Gasteiger partial charge in [0.2, 0.25) is 11.8 Å². The van der Waals surface area contributed by atoms with Crippen LogP contribution in [0.15, 0.2) is 0 Å². The first-order chi connectivity index (χ1) is 7.40. The van der Waals surface area contributed by atoms with E-state index in [1.54, 1.807) is 0 Å². The van der Waals surface area contributed by atoms with E-state index in [1.807, 2.05) is 6.92 Å². The molecule has 0 aromatic rings. The highest BCUT2D eigenvalue weighted by Gasteiger charge is 2.01. The van der Waals surface area contributed by atoms with Crippen LogP contribution in [0.5, 0.6) is 0 Å². The maximum atomic E-state index is 10.8. The fourth-order valence-electron chi connectivity index (χ4n) is 0.546. The molecule has 0 saturated heterocycles. The van der Waals surface area contributed by atoms with E-state index in [2.05, 4.69) is 26.1 Å². The van der Waals surface area contributed by atoms with E-state index in [0.717, 1.165) is 12.3 Å². The average molecular weight is 232 g/mol. The number of carbonyl (C=O) groups is 2. The third-order valence-corrected chi connectivity index (χ3v) is 1.04. The molecule has 96 valence electrons. The zero-order valence-corrected chi connectivity index (χ0v) is 10.7. The van der Waals surface area contributed by atoms with Gasteiger partial charge in [-0.15, -0.1) is 0 Å². The largest absolute Gasteiger partial charge is 0.372 e. The lowest BCUT2D eigenvalue weighted by atomic mass is 10.3. The average Bonchev–Trinajstić information content (AvgIpc) is 2.14. The van der Waals surface area contributed by atoms with E-state index >= 15 is 0 Å². The highest BCUT2D eigenvalue weighted by atomic mass is 16.5. The Morgan fingerprint density at radius 3 is 2.19 bits per heavy atom. The molecule has 0 aliphatic carbocycles. The van der Waals surface area contributed by atoms with Crippen molar-refractivity contribution in [3.63, 3.8) is 0 Å². The zero-order valence-electron chi connectivity index (χ0n) is 10.7. The van der Waals surface area contributed by atoms with Crippen molar-refractivity contribution in [2.45, 2.75) is 34.1 Å². The van der Waals surface area contributed by atoms with Gasteiger partial charge in [-0.25, -0.2) is 0 Å². The molecule has 5 heteroatoms. The van der Waals surface area contributed by atoms with E-state index in [9.17, 15) is 9.59 Å². The van der Waals surface area contributed by atoms with E-state index < -0.39 is 5.91 Å². The van der Waals surface area contributed by atoms with Crippen molar-refractivity contribution in [2.24, 2.45) is 11.7 Å². The summed E-state index contributed by atoms with van der Waals surface area (Å²) >= 11 is 0. The predicted octanol–water partition coefficient (Wildman–Crippen LogP) is 0.677. The third-order valence-electron chi connectivity index (χ3n) is 1.04. The molecule has 0 aliphatic heterocycles. The topological polar surface area (TPSA) is 81.4 Å². The Morgan fingerprint density at radius 1 is 1.31 bits per heavy atom.